The number of nitrogens with two attached hydrogens (primary N) is 1. The summed E-state index contributed by atoms with van der Waals surface area (Å²) in [7, 11) is 0. The molecule has 4 heteroatoms. The van der Waals surface area contributed by atoms with Crippen molar-refractivity contribution < 1.29 is 10.2 Å². The van der Waals surface area contributed by atoms with Gasteiger partial charge in [-0.25, -0.2) is 0 Å². The van der Waals surface area contributed by atoms with Crippen molar-refractivity contribution in [3.05, 3.63) is 0 Å². The van der Waals surface area contributed by atoms with Gasteiger partial charge in [0.2, 0.25) is 0 Å². The van der Waals surface area contributed by atoms with E-state index in [1.165, 1.54) is 0 Å². The smallest absolute Gasteiger partial charge is 0.102 e. The van der Waals surface area contributed by atoms with Crippen molar-refractivity contribution in [3.63, 3.8) is 0 Å². The minimum atomic E-state index is -0.657. The van der Waals surface area contributed by atoms with Crippen LogP contribution in [0, 0.1) is 0 Å². The first kappa shape index (κ1) is 11.8. The van der Waals surface area contributed by atoms with Crippen LogP contribution in [0.2, 0.25) is 0 Å². The Morgan fingerprint density at radius 1 is 1.17 bits per heavy atom. The van der Waals surface area contributed by atoms with E-state index in [1.54, 1.807) is 0 Å². The lowest BCUT2D eigenvalue weighted by molar-refractivity contribution is 0.168. The number of rotatable bonds is 8. The van der Waals surface area contributed by atoms with Crippen molar-refractivity contribution in [2.75, 3.05) is 19.7 Å². The molecular formula is C8H20N2O2. The van der Waals surface area contributed by atoms with Gasteiger partial charge in [0.05, 0.1) is 6.61 Å². The van der Waals surface area contributed by atoms with E-state index in [2.05, 4.69) is 5.32 Å². The maximum atomic E-state index is 8.72. The molecule has 5 N–H and O–H groups in total. The number of aliphatic hydroxyl groups excluding tert-OH is 2. The van der Waals surface area contributed by atoms with Gasteiger partial charge >= 0.3 is 0 Å². The first-order valence-electron chi connectivity index (χ1n) is 4.52. The molecule has 0 bridgehead atoms. The first-order valence-corrected chi connectivity index (χ1v) is 4.52. The molecule has 0 spiro atoms. The van der Waals surface area contributed by atoms with Gasteiger partial charge in [0.25, 0.3) is 0 Å². The maximum Gasteiger partial charge on any atom is 0.102 e. The second-order valence-corrected chi connectivity index (χ2v) is 2.89. The quantitative estimate of drug-likeness (QED) is 0.294. The van der Waals surface area contributed by atoms with Crippen molar-refractivity contribution in [1.82, 2.24) is 5.32 Å². The highest BCUT2D eigenvalue weighted by molar-refractivity contribution is 4.50. The summed E-state index contributed by atoms with van der Waals surface area (Å²) in [4.78, 5) is 0. The minimum absolute atomic E-state index is 0.196. The molecule has 0 aliphatic rings. The zero-order valence-corrected chi connectivity index (χ0v) is 7.50. The van der Waals surface area contributed by atoms with Crippen LogP contribution >= 0.6 is 0 Å². The Labute approximate surface area is 73.8 Å². The van der Waals surface area contributed by atoms with Crippen LogP contribution in [0.3, 0.4) is 0 Å². The lowest BCUT2D eigenvalue weighted by Gasteiger charge is -2.04. The zero-order chi connectivity index (χ0) is 9.23. The first-order chi connectivity index (χ1) is 5.77. The van der Waals surface area contributed by atoms with Gasteiger partial charge < -0.3 is 21.3 Å². The van der Waals surface area contributed by atoms with Crippen molar-refractivity contribution in [2.24, 2.45) is 5.73 Å². The van der Waals surface area contributed by atoms with Crippen molar-refractivity contribution in [3.8, 4) is 0 Å². The van der Waals surface area contributed by atoms with Crippen molar-refractivity contribution in [1.29, 1.82) is 0 Å². The molecule has 0 amide bonds. The lowest BCUT2D eigenvalue weighted by atomic mass is 10.2. The third kappa shape index (κ3) is 9.84. The Hall–Kier alpha value is -0.160. The van der Waals surface area contributed by atoms with Crippen LogP contribution in [0.15, 0.2) is 0 Å². The molecule has 0 rings (SSSR count). The fourth-order valence-electron chi connectivity index (χ4n) is 0.984. The molecule has 0 aliphatic heterocycles. The third-order valence-corrected chi connectivity index (χ3v) is 1.64. The predicted octanol–water partition coefficient (Wildman–Crippen LogP) is -0.594. The van der Waals surface area contributed by atoms with Crippen LogP contribution in [0.25, 0.3) is 0 Å². The molecule has 0 aromatic heterocycles. The summed E-state index contributed by atoms with van der Waals surface area (Å²) in [6, 6.07) is 0. The fraction of sp³-hybridized carbons (Fsp3) is 1.00. The Morgan fingerprint density at radius 3 is 2.50 bits per heavy atom. The Kier molecular flexibility index (Phi) is 8.81. The summed E-state index contributed by atoms with van der Waals surface area (Å²) in [6.45, 7) is 1.79. The summed E-state index contributed by atoms with van der Waals surface area (Å²) in [5.41, 5.74) is 5.16. The van der Waals surface area contributed by atoms with Gasteiger partial charge in [-0.2, -0.15) is 0 Å². The second-order valence-electron chi connectivity index (χ2n) is 2.89. The van der Waals surface area contributed by atoms with E-state index in [0.29, 0.717) is 13.0 Å². The zero-order valence-electron chi connectivity index (χ0n) is 7.50. The van der Waals surface area contributed by atoms with Gasteiger partial charge in [-0.05, 0) is 25.8 Å². The van der Waals surface area contributed by atoms with Crippen LogP contribution < -0.4 is 11.1 Å². The van der Waals surface area contributed by atoms with E-state index in [9.17, 15) is 0 Å². The summed E-state index contributed by atoms with van der Waals surface area (Å²) in [6.07, 6.45) is 3.15. The number of aliphatic hydroxyl groups is 2. The summed E-state index contributed by atoms with van der Waals surface area (Å²) in [5.74, 6) is 0. The van der Waals surface area contributed by atoms with Gasteiger partial charge in [0.15, 0.2) is 0 Å². The molecule has 0 radical (unpaired) electrons. The van der Waals surface area contributed by atoms with Crippen LogP contribution in [0.4, 0.5) is 0 Å². The van der Waals surface area contributed by atoms with Crippen LogP contribution in [-0.2, 0) is 0 Å². The fourth-order valence-corrected chi connectivity index (χ4v) is 0.984. The molecular weight excluding hydrogens is 156 g/mol. The average molecular weight is 176 g/mol. The minimum Gasteiger partial charge on any atom is -0.395 e. The molecule has 0 saturated heterocycles. The van der Waals surface area contributed by atoms with E-state index in [-0.39, 0.29) is 6.61 Å². The van der Waals surface area contributed by atoms with E-state index < -0.39 is 6.23 Å². The van der Waals surface area contributed by atoms with Gasteiger partial charge in [-0.1, -0.05) is 6.42 Å². The Balaban J connectivity index is 2.82. The van der Waals surface area contributed by atoms with E-state index in [1.807, 2.05) is 0 Å². The topological polar surface area (TPSA) is 78.5 Å². The molecule has 12 heavy (non-hydrogen) atoms. The highest BCUT2D eigenvalue weighted by atomic mass is 16.3. The molecule has 0 aromatic rings. The molecule has 0 aromatic carbocycles. The number of unbranched alkanes of at least 4 members (excludes halogenated alkanes) is 2. The normalized spacial score (nSPS) is 13.2. The van der Waals surface area contributed by atoms with Crippen LogP contribution in [-0.4, -0.2) is 36.1 Å². The largest absolute Gasteiger partial charge is 0.395 e. The monoisotopic (exact) mass is 176 g/mol. The molecule has 1 unspecified atom stereocenters. The molecule has 1 atom stereocenters. The highest BCUT2D eigenvalue weighted by Crippen LogP contribution is 1.99. The summed E-state index contributed by atoms with van der Waals surface area (Å²) >= 11 is 0. The molecule has 0 heterocycles. The van der Waals surface area contributed by atoms with Crippen molar-refractivity contribution in [2.45, 2.75) is 31.9 Å². The summed E-state index contributed by atoms with van der Waals surface area (Å²) in [5, 5.41) is 20.2. The van der Waals surface area contributed by atoms with E-state index in [0.717, 1.165) is 25.8 Å². The van der Waals surface area contributed by atoms with E-state index >= 15 is 0 Å². The highest BCUT2D eigenvalue weighted by Gasteiger charge is 1.94. The summed E-state index contributed by atoms with van der Waals surface area (Å²) < 4.78 is 0. The van der Waals surface area contributed by atoms with Gasteiger partial charge in [-0.15, -0.1) is 0 Å². The average Bonchev–Trinajstić information content (AvgIpc) is 2.02. The van der Waals surface area contributed by atoms with Gasteiger partial charge in [0, 0.05) is 6.54 Å². The third-order valence-electron chi connectivity index (χ3n) is 1.64. The molecule has 0 saturated carbocycles. The number of nitrogens with one attached hydrogen (secondary N) is 1. The second kappa shape index (κ2) is 8.93. The predicted molar refractivity (Wildman–Crippen MR) is 48.6 cm³/mol. The SMILES string of the molecule is NC(O)CCCCCNCCO. The molecule has 74 valence electrons. The lowest BCUT2D eigenvalue weighted by Crippen LogP contribution is -2.20. The Morgan fingerprint density at radius 2 is 1.92 bits per heavy atom. The molecule has 0 fully saturated rings. The van der Waals surface area contributed by atoms with Crippen molar-refractivity contribution >= 4 is 0 Å². The standard InChI is InChI=1S/C8H20N2O2/c9-8(12)4-2-1-3-5-10-6-7-11/h8,10-12H,1-7,9H2. The van der Waals surface area contributed by atoms with Crippen LogP contribution in [0.1, 0.15) is 25.7 Å². The van der Waals surface area contributed by atoms with Gasteiger partial charge in [-0.3, -0.25) is 0 Å². The maximum absolute atomic E-state index is 8.72. The number of hydrogen-bond donors (Lipinski definition) is 4. The number of hydrogen-bond acceptors (Lipinski definition) is 4. The Bertz CT molecular complexity index is 89.1. The van der Waals surface area contributed by atoms with Crippen LogP contribution in [0.5, 0.6) is 0 Å². The molecule has 4 nitrogen and oxygen atoms in total. The van der Waals surface area contributed by atoms with Gasteiger partial charge in [0.1, 0.15) is 6.23 Å². The molecule has 0 aliphatic carbocycles. The van der Waals surface area contributed by atoms with E-state index in [4.69, 9.17) is 15.9 Å².